The molecule has 0 N–H and O–H groups in total. The van der Waals surface area contributed by atoms with Crippen LogP contribution in [0, 0.1) is 17.8 Å². The highest BCUT2D eigenvalue weighted by Crippen LogP contribution is 2.44. The summed E-state index contributed by atoms with van der Waals surface area (Å²) in [5, 5.41) is 0. The lowest BCUT2D eigenvalue weighted by Crippen LogP contribution is -2.19. The molecule has 2 aliphatic carbocycles. The Balaban J connectivity index is 2.38. The van der Waals surface area contributed by atoms with Crippen molar-refractivity contribution < 1.29 is 4.79 Å². The Hall–Kier alpha value is -0.850. The molecule has 0 amide bonds. The molecule has 16 heavy (non-hydrogen) atoms. The van der Waals surface area contributed by atoms with E-state index in [1.54, 1.807) is 0 Å². The SMILES string of the molecule is C=C(C)C1CCC(C)C2CCC(C)=C2C1=O. The highest BCUT2D eigenvalue weighted by atomic mass is 16.1. The molecular formula is C15H22O. The van der Waals surface area contributed by atoms with Crippen LogP contribution in [0.5, 0.6) is 0 Å². The molecule has 1 saturated carbocycles. The lowest BCUT2D eigenvalue weighted by Gasteiger charge is -2.18. The summed E-state index contributed by atoms with van der Waals surface area (Å²) in [6.45, 7) is 10.4. The van der Waals surface area contributed by atoms with Gasteiger partial charge in [0.15, 0.2) is 5.78 Å². The normalized spacial score (nSPS) is 34.9. The molecule has 88 valence electrons. The number of fused-ring (bicyclic) bond motifs is 1. The Morgan fingerprint density at radius 2 is 2.00 bits per heavy atom. The average Bonchev–Trinajstić information content (AvgIpc) is 2.53. The summed E-state index contributed by atoms with van der Waals surface area (Å²) in [4.78, 5) is 12.5. The predicted molar refractivity (Wildman–Crippen MR) is 67.1 cm³/mol. The van der Waals surface area contributed by atoms with Crippen LogP contribution < -0.4 is 0 Å². The van der Waals surface area contributed by atoms with Crippen molar-refractivity contribution in [3.63, 3.8) is 0 Å². The first-order valence-corrected chi connectivity index (χ1v) is 6.41. The Morgan fingerprint density at radius 3 is 2.62 bits per heavy atom. The Bertz CT molecular complexity index is 362. The fourth-order valence-corrected chi connectivity index (χ4v) is 3.35. The standard InChI is InChI=1S/C15H22O/c1-9(2)12-7-5-10(3)13-8-6-11(4)14(13)15(12)16/h10,12-13H,1,5-8H2,2-4H3. The van der Waals surface area contributed by atoms with E-state index in [-0.39, 0.29) is 5.92 Å². The fraction of sp³-hybridized carbons (Fsp3) is 0.667. The summed E-state index contributed by atoms with van der Waals surface area (Å²) in [7, 11) is 0. The van der Waals surface area contributed by atoms with Crippen LogP contribution in [0.2, 0.25) is 0 Å². The first-order chi connectivity index (χ1) is 7.52. The second-order valence-corrected chi connectivity index (χ2v) is 5.66. The van der Waals surface area contributed by atoms with Gasteiger partial charge in [-0.25, -0.2) is 0 Å². The van der Waals surface area contributed by atoms with Gasteiger partial charge in [-0.05, 0) is 56.9 Å². The molecule has 0 saturated heterocycles. The molecule has 1 nitrogen and oxygen atoms in total. The molecule has 3 atom stereocenters. The lowest BCUT2D eigenvalue weighted by molar-refractivity contribution is -0.118. The van der Waals surface area contributed by atoms with Gasteiger partial charge in [0.1, 0.15) is 0 Å². The summed E-state index contributed by atoms with van der Waals surface area (Å²) in [6, 6.07) is 0. The number of ketones is 1. The van der Waals surface area contributed by atoms with Gasteiger partial charge in [0.25, 0.3) is 0 Å². The minimum absolute atomic E-state index is 0.0931. The summed E-state index contributed by atoms with van der Waals surface area (Å²) in [5.74, 6) is 1.69. The Labute approximate surface area is 98.6 Å². The smallest absolute Gasteiger partial charge is 0.166 e. The zero-order valence-corrected chi connectivity index (χ0v) is 10.7. The van der Waals surface area contributed by atoms with Crippen molar-refractivity contribution in [2.75, 3.05) is 0 Å². The maximum atomic E-state index is 12.5. The van der Waals surface area contributed by atoms with Crippen molar-refractivity contribution >= 4 is 5.78 Å². The van der Waals surface area contributed by atoms with Gasteiger partial charge >= 0.3 is 0 Å². The molecular weight excluding hydrogens is 196 g/mol. The topological polar surface area (TPSA) is 17.1 Å². The predicted octanol–water partition coefficient (Wildman–Crippen LogP) is 3.90. The van der Waals surface area contributed by atoms with Crippen molar-refractivity contribution in [3.05, 3.63) is 23.3 Å². The fourth-order valence-electron chi connectivity index (χ4n) is 3.35. The Morgan fingerprint density at radius 1 is 1.31 bits per heavy atom. The molecule has 1 fully saturated rings. The van der Waals surface area contributed by atoms with E-state index in [1.165, 1.54) is 18.4 Å². The number of carbonyl (C=O) groups excluding carboxylic acids is 1. The molecule has 0 aliphatic heterocycles. The summed E-state index contributed by atoms with van der Waals surface area (Å²) in [6.07, 6.45) is 4.49. The molecule has 2 rings (SSSR count). The van der Waals surface area contributed by atoms with E-state index in [9.17, 15) is 4.79 Å². The van der Waals surface area contributed by atoms with E-state index < -0.39 is 0 Å². The third kappa shape index (κ3) is 1.77. The molecule has 2 aliphatic rings. The van der Waals surface area contributed by atoms with Crippen LogP contribution in [0.1, 0.15) is 46.5 Å². The minimum Gasteiger partial charge on any atom is -0.294 e. The molecule has 1 heteroatoms. The van der Waals surface area contributed by atoms with Crippen LogP contribution in [0.4, 0.5) is 0 Å². The average molecular weight is 218 g/mol. The zero-order chi connectivity index (χ0) is 11.9. The maximum absolute atomic E-state index is 12.5. The van der Waals surface area contributed by atoms with Crippen LogP contribution in [-0.4, -0.2) is 5.78 Å². The quantitative estimate of drug-likeness (QED) is 0.610. The first kappa shape index (κ1) is 11.6. The third-order valence-corrected chi connectivity index (χ3v) is 4.44. The van der Waals surface area contributed by atoms with Gasteiger partial charge in [-0.15, -0.1) is 0 Å². The molecule has 0 spiro atoms. The van der Waals surface area contributed by atoms with E-state index in [0.29, 0.717) is 17.6 Å². The van der Waals surface area contributed by atoms with Crippen molar-refractivity contribution in [3.8, 4) is 0 Å². The van der Waals surface area contributed by atoms with Gasteiger partial charge in [0, 0.05) is 5.92 Å². The van der Waals surface area contributed by atoms with E-state index in [0.717, 1.165) is 24.0 Å². The number of allylic oxidation sites excluding steroid dienone is 3. The third-order valence-electron chi connectivity index (χ3n) is 4.44. The molecule has 0 aromatic carbocycles. The first-order valence-electron chi connectivity index (χ1n) is 6.41. The number of hydrogen-bond acceptors (Lipinski definition) is 1. The minimum atomic E-state index is 0.0931. The van der Waals surface area contributed by atoms with Crippen molar-refractivity contribution in [2.24, 2.45) is 17.8 Å². The van der Waals surface area contributed by atoms with E-state index in [1.807, 2.05) is 6.92 Å². The summed E-state index contributed by atoms with van der Waals surface area (Å²) >= 11 is 0. The van der Waals surface area contributed by atoms with Crippen LogP contribution in [0.25, 0.3) is 0 Å². The van der Waals surface area contributed by atoms with E-state index in [4.69, 9.17) is 0 Å². The highest BCUT2D eigenvalue weighted by molar-refractivity contribution is 6.00. The van der Waals surface area contributed by atoms with Crippen molar-refractivity contribution in [2.45, 2.75) is 46.5 Å². The maximum Gasteiger partial charge on any atom is 0.166 e. The van der Waals surface area contributed by atoms with Gasteiger partial charge in [-0.1, -0.05) is 24.6 Å². The molecule has 0 radical (unpaired) electrons. The van der Waals surface area contributed by atoms with Crippen LogP contribution in [-0.2, 0) is 4.79 Å². The lowest BCUT2D eigenvalue weighted by atomic mass is 9.85. The number of Topliss-reactive ketones (excluding diaryl/α,β-unsaturated/α-hetero) is 1. The monoisotopic (exact) mass is 218 g/mol. The summed E-state index contributed by atoms with van der Waals surface area (Å²) < 4.78 is 0. The van der Waals surface area contributed by atoms with E-state index in [2.05, 4.69) is 20.4 Å². The van der Waals surface area contributed by atoms with E-state index >= 15 is 0 Å². The van der Waals surface area contributed by atoms with Crippen molar-refractivity contribution in [1.82, 2.24) is 0 Å². The molecule has 0 heterocycles. The number of rotatable bonds is 1. The zero-order valence-electron chi connectivity index (χ0n) is 10.7. The second-order valence-electron chi connectivity index (χ2n) is 5.66. The molecule has 3 unspecified atom stereocenters. The highest BCUT2D eigenvalue weighted by Gasteiger charge is 2.38. The van der Waals surface area contributed by atoms with Gasteiger partial charge in [0.05, 0.1) is 0 Å². The second kappa shape index (κ2) is 4.20. The number of carbonyl (C=O) groups is 1. The number of hydrogen-bond donors (Lipinski definition) is 0. The van der Waals surface area contributed by atoms with Crippen LogP contribution >= 0.6 is 0 Å². The summed E-state index contributed by atoms with van der Waals surface area (Å²) in [5.41, 5.74) is 3.55. The van der Waals surface area contributed by atoms with Gasteiger partial charge in [0.2, 0.25) is 0 Å². The molecule has 0 bridgehead atoms. The van der Waals surface area contributed by atoms with Gasteiger partial charge in [-0.3, -0.25) is 4.79 Å². The Kier molecular flexibility index (Phi) is 3.05. The van der Waals surface area contributed by atoms with Crippen LogP contribution in [0.3, 0.4) is 0 Å². The molecule has 0 aromatic rings. The van der Waals surface area contributed by atoms with Gasteiger partial charge in [-0.2, -0.15) is 0 Å². The molecule has 0 aromatic heterocycles. The van der Waals surface area contributed by atoms with Crippen molar-refractivity contribution in [1.29, 1.82) is 0 Å². The largest absolute Gasteiger partial charge is 0.294 e. The van der Waals surface area contributed by atoms with Crippen LogP contribution in [0.15, 0.2) is 23.3 Å². The van der Waals surface area contributed by atoms with Gasteiger partial charge < -0.3 is 0 Å².